The van der Waals surface area contributed by atoms with Crippen LogP contribution >= 0.6 is 11.6 Å². The summed E-state index contributed by atoms with van der Waals surface area (Å²) in [5.41, 5.74) is 0. The molecule has 0 radical (unpaired) electrons. The van der Waals surface area contributed by atoms with Gasteiger partial charge in [0.2, 0.25) is 0 Å². The van der Waals surface area contributed by atoms with E-state index in [1.54, 1.807) is 0 Å². The molecule has 1 atom stereocenters. The molecule has 1 amide bonds. The molecule has 1 N–H and O–H groups in total. The second kappa shape index (κ2) is 4.10. The SMILES string of the molecule is O=C(NC1CCS(=O)(=O)C1)c1ccc(Cl)o1. The molecule has 1 unspecified atom stereocenters. The summed E-state index contributed by atoms with van der Waals surface area (Å²) in [6.07, 6.45) is 0.447. The largest absolute Gasteiger partial charge is 0.440 e. The molecule has 16 heavy (non-hydrogen) atoms. The number of hydrogen-bond acceptors (Lipinski definition) is 4. The number of hydrogen-bond donors (Lipinski definition) is 1. The van der Waals surface area contributed by atoms with Gasteiger partial charge in [-0.2, -0.15) is 0 Å². The number of amides is 1. The normalized spacial score (nSPS) is 23.2. The fourth-order valence-corrected chi connectivity index (χ4v) is 3.42. The van der Waals surface area contributed by atoms with E-state index in [1.807, 2.05) is 0 Å². The van der Waals surface area contributed by atoms with E-state index >= 15 is 0 Å². The van der Waals surface area contributed by atoms with Gasteiger partial charge in [0.05, 0.1) is 11.5 Å². The Balaban J connectivity index is 1.99. The Morgan fingerprint density at radius 1 is 1.50 bits per heavy atom. The number of furan rings is 1. The monoisotopic (exact) mass is 263 g/mol. The first kappa shape index (κ1) is 11.5. The van der Waals surface area contributed by atoms with Crippen LogP contribution in [0, 0.1) is 0 Å². The molecule has 1 saturated heterocycles. The molecule has 2 rings (SSSR count). The third kappa shape index (κ3) is 2.56. The van der Waals surface area contributed by atoms with Crippen molar-refractivity contribution in [1.82, 2.24) is 5.32 Å². The fraction of sp³-hybridized carbons (Fsp3) is 0.444. The minimum atomic E-state index is -2.99. The van der Waals surface area contributed by atoms with E-state index in [4.69, 9.17) is 16.0 Å². The lowest BCUT2D eigenvalue weighted by molar-refractivity contribution is 0.0913. The van der Waals surface area contributed by atoms with Gasteiger partial charge >= 0.3 is 0 Å². The molecule has 1 aliphatic heterocycles. The lowest BCUT2D eigenvalue weighted by Gasteiger charge is -2.08. The molecular formula is C9H10ClNO4S. The molecule has 88 valence electrons. The average Bonchev–Trinajstić information content (AvgIpc) is 2.73. The molecule has 0 bridgehead atoms. The summed E-state index contributed by atoms with van der Waals surface area (Å²) < 4.78 is 27.2. The van der Waals surface area contributed by atoms with E-state index in [9.17, 15) is 13.2 Å². The highest BCUT2D eigenvalue weighted by molar-refractivity contribution is 7.91. The average molecular weight is 264 g/mol. The predicted molar refractivity (Wildman–Crippen MR) is 58.2 cm³/mol. The molecular weight excluding hydrogens is 254 g/mol. The van der Waals surface area contributed by atoms with Crippen molar-refractivity contribution >= 4 is 27.3 Å². The minimum Gasteiger partial charge on any atom is -0.440 e. The summed E-state index contributed by atoms with van der Waals surface area (Å²) in [4.78, 5) is 11.6. The van der Waals surface area contributed by atoms with Crippen LogP contribution < -0.4 is 5.32 Å². The highest BCUT2D eigenvalue weighted by Gasteiger charge is 2.29. The first-order valence-corrected chi connectivity index (χ1v) is 6.93. The van der Waals surface area contributed by atoms with Crippen molar-refractivity contribution in [2.45, 2.75) is 12.5 Å². The standard InChI is InChI=1S/C9H10ClNO4S/c10-8-2-1-7(15-8)9(12)11-6-3-4-16(13,14)5-6/h1-2,6H,3-5H2,(H,11,12). The van der Waals surface area contributed by atoms with Gasteiger partial charge < -0.3 is 9.73 Å². The first-order valence-electron chi connectivity index (χ1n) is 4.73. The van der Waals surface area contributed by atoms with E-state index in [-0.39, 0.29) is 28.5 Å². The third-order valence-corrected chi connectivity index (χ3v) is 4.34. The maximum Gasteiger partial charge on any atom is 0.287 e. The maximum absolute atomic E-state index is 11.6. The van der Waals surface area contributed by atoms with Crippen LogP contribution in [-0.4, -0.2) is 31.9 Å². The predicted octanol–water partition coefficient (Wildman–Crippen LogP) is 0.850. The molecule has 1 aliphatic rings. The van der Waals surface area contributed by atoms with Crippen molar-refractivity contribution in [1.29, 1.82) is 0 Å². The molecule has 0 aliphatic carbocycles. The van der Waals surface area contributed by atoms with Crippen LogP contribution in [0.25, 0.3) is 0 Å². The number of nitrogens with one attached hydrogen (secondary N) is 1. The van der Waals surface area contributed by atoms with Gasteiger partial charge in [-0.3, -0.25) is 4.79 Å². The van der Waals surface area contributed by atoms with Gasteiger partial charge in [0.15, 0.2) is 20.8 Å². The highest BCUT2D eigenvalue weighted by atomic mass is 35.5. The van der Waals surface area contributed by atoms with Crippen LogP contribution in [0.2, 0.25) is 5.22 Å². The summed E-state index contributed by atoms with van der Waals surface area (Å²) in [7, 11) is -2.99. The van der Waals surface area contributed by atoms with E-state index < -0.39 is 15.7 Å². The molecule has 1 fully saturated rings. The summed E-state index contributed by atoms with van der Waals surface area (Å²) in [6, 6.07) is 2.57. The Morgan fingerprint density at radius 3 is 2.75 bits per heavy atom. The summed E-state index contributed by atoms with van der Waals surface area (Å²) in [6.45, 7) is 0. The van der Waals surface area contributed by atoms with Crippen LogP contribution in [0.15, 0.2) is 16.5 Å². The summed E-state index contributed by atoms with van der Waals surface area (Å²) >= 11 is 5.52. The number of carbonyl (C=O) groups is 1. The lowest BCUT2D eigenvalue weighted by atomic mass is 10.2. The second-order valence-electron chi connectivity index (χ2n) is 3.68. The van der Waals surface area contributed by atoms with Crippen molar-refractivity contribution in [3.63, 3.8) is 0 Å². The molecule has 1 aromatic rings. The molecule has 5 nitrogen and oxygen atoms in total. The summed E-state index contributed by atoms with van der Waals surface area (Å²) in [5.74, 6) is -0.229. The van der Waals surface area contributed by atoms with Crippen LogP contribution in [-0.2, 0) is 9.84 Å². The fourth-order valence-electron chi connectivity index (χ4n) is 1.60. The molecule has 1 aromatic heterocycles. The summed E-state index contributed by atoms with van der Waals surface area (Å²) in [5, 5.41) is 2.72. The number of rotatable bonds is 2. The number of halogens is 1. The zero-order valence-corrected chi connectivity index (χ0v) is 9.85. The smallest absolute Gasteiger partial charge is 0.287 e. The van der Waals surface area contributed by atoms with Gasteiger partial charge in [-0.1, -0.05) is 0 Å². The van der Waals surface area contributed by atoms with E-state index in [0.717, 1.165) is 0 Å². The van der Waals surface area contributed by atoms with Crippen molar-refractivity contribution in [3.8, 4) is 0 Å². The topological polar surface area (TPSA) is 76.4 Å². The van der Waals surface area contributed by atoms with Gasteiger partial charge in [0, 0.05) is 6.04 Å². The van der Waals surface area contributed by atoms with Gasteiger partial charge in [-0.25, -0.2) is 8.42 Å². The second-order valence-corrected chi connectivity index (χ2v) is 6.28. The van der Waals surface area contributed by atoms with E-state index in [1.165, 1.54) is 12.1 Å². The zero-order valence-electron chi connectivity index (χ0n) is 8.27. The Hall–Kier alpha value is -1.01. The molecule has 0 spiro atoms. The number of carbonyl (C=O) groups excluding carboxylic acids is 1. The van der Waals surface area contributed by atoms with Crippen molar-refractivity contribution in [2.24, 2.45) is 0 Å². The first-order chi connectivity index (χ1) is 7.46. The van der Waals surface area contributed by atoms with E-state index in [0.29, 0.717) is 6.42 Å². The van der Waals surface area contributed by atoms with Crippen LogP contribution in [0.4, 0.5) is 0 Å². The minimum absolute atomic E-state index is 0.00677. The quantitative estimate of drug-likeness (QED) is 0.858. The zero-order chi connectivity index (χ0) is 11.8. The Bertz CT molecular complexity index is 507. The van der Waals surface area contributed by atoms with Crippen LogP contribution in [0.1, 0.15) is 17.0 Å². The Morgan fingerprint density at radius 2 is 2.25 bits per heavy atom. The van der Waals surface area contributed by atoms with Crippen molar-refractivity contribution in [3.05, 3.63) is 23.1 Å². The van der Waals surface area contributed by atoms with Gasteiger partial charge in [0.1, 0.15) is 0 Å². The third-order valence-electron chi connectivity index (χ3n) is 2.36. The van der Waals surface area contributed by atoms with Crippen LogP contribution in [0.3, 0.4) is 0 Å². The van der Waals surface area contributed by atoms with Gasteiger partial charge in [0.25, 0.3) is 5.91 Å². The van der Waals surface area contributed by atoms with Crippen molar-refractivity contribution in [2.75, 3.05) is 11.5 Å². The molecule has 7 heteroatoms. The molecule has 0 aromatic carbocycles. The van der Waals surface area contributed by atoms with E-state index in [2.05, 4.69) is 5.32 Å². The Labute approximate surface area is 97.7 Å². The molecule has 2 heterocycles. The van der Waals surface area contributed by atoms with Gasteiger partial charge in [-0.15, -0.1) is 0 Å². The van der Waals surface area contributed by atoms with Gasteiger partial charge in [-0.05, 0) is 30.2 Å². The van der Waals surface area contributed by atoms with Crippen LogP contribution in [0.5, 0.6) is 0 Å². The molecule has 0 saturated carbocycles. The Kier molecular flexibility index (Phi) is 2.94. The number of sulfone groups is 1. The highest BCUT2D eigenvalue weighted by Crippen LogP contribution is 2.15. The van der Waals surface area contributed by atoms with Crippen molar-refractivity contribution < 1.29 is 17.6 Å². The maximum atomic E-state index is 11.6. The lowest BCUT2D eigenvalue weighted by Crippen LogP contribution is -2.35.